The van der Waals surface area contributed by atoms with E-state index in [1.54, 1.807) is 0 Å². The van der Waals surface area contributed by atoms with E-state index < -0.39 is 0 Å². The molecule has 0 N–H and O–H groups in total. The molecule has 0 aromatic heterocycles. The van der Waals surface area contributed by atoms with Crippen molar-refractivity contribution in [2.24, 2.45) is 5.41 Å². The molecule has 1 rings (SSSR count). The van der Waals surface area contributed by atoms with Gasteiger partial charge in [-0.15, -0.1) is 0 Å². The molecule has 0 unspecified atom stereocenters. The Hall–Kier alpha value is -0.980. The van der Waals surface area contributed by atoms with Crippen LogP contribution in [0, 0.1) is 12.3 Å². The van der Waals surface area contributed by atoms with Gasteiger partial charge < -0.3 is 4.74 Å². The van der Waals surface area contributed by atoms with Crippen LogP contribution in [0.15, 0.2) is 24.3 Å². The number of hydrogen-bond acceptors (Lipinski definition) is 1. The number of aryl methyl sites for hydroxylation is 1. The van der Waals surface area contributed by atoms with Crippen molar-refractivity contribution in [2.45, 2.75) is 34.1 Å². The van der Waals surface area contributed by atoms with Crippen LogP contribution in [0.3, 0.4) is 0 Å². The highest BCUT2D eigenvalue weighted by Crippen LogP contribution is 2.23. The summed E-state index contributed by atoms with van der Waals surface area (Å²) in [6.07, 6.45) is 1.14. The lowest BCUT2D eigenvalue weighted by molar-refractivity contribution is 0.174. The lowest BCUT2D eigenvalue weighted by atomic mass is 9.92. The maximum Gasteiger partial charge on any atom is 0.122 e. The fourth-order valence-electron chi connectivity index (χ4n) is 1.09. The zero-order chi connectivity index (χ0) is 10.6. The molecule has 0 heterocycles. The second-order valence-corrected chi connectivity index (χ2v) is 4.57. The average Bonchev–Trinajstić information content (AvgIpc) is 2.17. The maximum absolute atomic E-state index is 5.79. The molecule has 0 spiro atoms. The SMILES string of the molecule is CCC(C)(C)COc1ccccc1C. The second-order valence-electron chi connectivity index (χ2n) is 4.57. The second kappa shape index (κ2) is 4.50. The van der Waals surface area contributed by atoms with Crippen LogP contribution in [0.1, 0.15) is 32.8 Å². The molecule has 1 heteroatoms. The highest BCUT2D eigenvalue weighted by atomic mass is 16.5. The van der Waals surface area contributed by atoms with Crippen molar-refractivity contribution in [3.63, 3.8) is 0 Å². The first-order chi connectivity index (χ1) is 6.55. The summed E-state index contributed by atoms with van der Waals surface area (Å²) < 4.78 is 5.79. The quantitative estimate of drug-likeness (QED) is 0.705. The Balaban J connectivity index is 2.58. The van der Waals surface area contributed by atoms with Crippen molar-refractivity contribution in [1.82, 2.24) is 0 Å². The Morgan fingerprint density at radius 3 is 2.43 bits per heavy atom. The normalized spacial score (nSPS) is 11.4. The van der Waals surface area contributed by atoms with Gasteiger partial charge in [0.1, 0.15) is 5.75 Å². The first-order valence-electron chi connectivity index (χ1n) is 5.23. The van der Waals surface area contributed by atoms with E-state index >= 15 is 0 Å². The fourth-order valence-corrected chi connectivity index (χ4v) is 1.09. The Kier molecular flexibility index (Phi) is 3.56. The lowest BCUT2D eigenvalue weighted by Gasteiger charge is -2.23. The van der Waals surface area contributed by atoms with Crippen LogP contribution in [-0.4, -0.2) is 6.61 Å². The Bertz CT molecular complexity index is 289. The Morgan fingerprint density at radius 2 is 1.86 bits per heavy atom. The predicted octanol–water partition coefficient (Wildman–Crippen LogP) is 3.81. The number of hydrogen-bond donors (Lipinski definition) is 0. The monoisotopic (exact) mass is 192 g/mol. The summed E-state index contributed by atoms with van der Waals surface area (Å²) in [4.78, 5) is 0. The van der Waals surface area contributed by atoms with Crippen molar-refractivity contribution in [1.29, 1.82) is 0 Å². The molecule has 0 saturated heterocycles. The molecule has 0 bridgehead atoms. The highest BCUT2D eigenvalue weighted by molar-refractivity contribution is 5.31. The molecule has 0 radical (unpaired) electrons. The summed E-state index contributed by atoms with van der Waals surface area (Å²) in [6, 6.07) is 8.16. The smallest absolute Gasteiger partial charge is 0.122 e. The largest absolute Gasteiger partial charge is 0.493 e. The van der Waals surface area contributed by atoms with E-state index in [0.29, 0.717) is 0 Å². The maximum atomic E-state index is 5.79. The van der Waals surface area contributed by atoms with Crippen LogP contribution in [-0.2, 0) is 0 Å². The van der Waals surface area contributed by atoms with E-state index in [1.807, 2.05) is 18.2 Å². The third-order valence-corrected chi connectivity index (χ3v) is 2.67. The Morgan fingerprint density at radius 1 is 1.21 bits per heavy atom. The molecular formula is C13H20O. The molecule has 1 aromatic rings. The number of ether oxygens (including phenoxy) is 1. The summed E-state index contributed by atoms with van der Waals surface area (Å²) in [5.41, 5.74) is 1.47. The van der Waals surface area contributed by atoms with E-state index in [2.05, 4.69) is 33.8 Å². The minimum Gasteiger partial charge on any atom is -0.493 e. The van der Waals surface area contributed by atoms with Gasteiger partial charge >= 0.3 is 0 Å². The van der Waals surface area contributed by atoms with Crippen molar-refractivity contribution in [3.8, 4) is 5.75 Å². The topological polar surface area (TPSA) is 9.23 Å². The van der Waals surface area contributed by atoms with Gasteiger partial charge in [0, 0.05) is 0 Å². The van der Waals surface area contributed by atoms with E-state index in [4.69, 9.17) is 4.74 Å². The first kappa shape index (κ1) is 11.1. The van der Waals surface area contributed by atoms with Crippen LogP contribution in [0.4, 0.5) is 0 Å². The molecule has 0 saturated carbocycles. The van der Waals surface area contributed by atoms with E-state index in [0.717, 1.165) is 18.8 Å². The predicted molar refractivity (Wildman–Crippen MR) is 60.7 cm³/mol. The third-order valence-electron chi connectivity index (χ3n) is 2.67. The summed E-state index contributed by atoms with van der Waals surface area (Å²) in [5, 5.41) is 0. The molecule has 1 nitrogen and oxygen atoms in total. The van der Waals surface area contributed by atoms with Crippen molar-refractivity contribution in [2.75, 3.05) is 6.61 Å². The van der Waals surface area contributed by atoms with Crippen LogP contribution in [0.2, 0.25) is 0 Å². The number of rotatable bonds is 4. The van der Waals surface area contributed by atoms with Crippen molar-refractivity contribution < 1.29 is 4.74 Å². The standard InChI is InChI=1S/C13H20O/c1-5-13(3,4)10-14-12-9-7-6-8-11(12)2/h6-9H,5,10H2,1-4H3. The van der Waals surface area contributed by atoms with Gasteiger partial charge in [0.05, 0.1) is 6.61 Å². The summed E-state index contributed by atoms with van der Waals surface area (Å²) in [5.74, 6) is 1.01. The van der Waals surface area contributed by atoms with Gasteiger partial charge in [0.2, 0.25) is 0 Å². The number of para-hydroxylation sites is 1. The summed E-state index contributed by atoms with van der Waals surface area (Å²) >= 11 is 0. The van der Waals surface area contributed by atoms with Crippen LogP contribution >= 0.6 is 0 Å². The molecule has 0 atom stereocenters. The summed E-state index contributed by atoms with van der Waals surface area (Å²) in [7, 11) is 0. The van der Waals surface area contributed by atoms with E-state index in [9.17, 15) is 0 Å². The molecule has 0 fully saturated rings. The van der Waals surface area contributed by atoms with Crippen molar-refractivity contribution in [3.05, 3.63) is 29.8 Å². The van der Waals surface area contributed by atoms with E-state index in [-0.39, 0.29) is 5.41 Å². The fraction of sp³-hybridized carbons (Fsp3) is 0.538. The average molecular weight is 192 g/mol. The van der Waals surface area contributed by atoms with Crippen LogP contribution < -0.4 is 4.74 Å². The van der Waals surface area contributed by atoms with Crippen LogP contribution in [0.25, 0.3) is 0 Å². The molecule has 0 aliphatic heterocycles. The third kappa shape index (κ3) is 3.06. The highest BCUT2D eigenvalue weighted by Gasteiger charge is 2.16. The van der Waals surface area contributed by atoms with Crippen LogP contribution in [0.5, 0.6) is 5.75 Å². The number of benzene rings is 1. The minimum absolute atomic E-state index is 0.266. The van der Waals surface area contributed by atoms with Gasteiger partial charge in [0.15, 0.2) is 0 Å². The van der Waals surface area contributed by atoms with Gasteiger partial charge in [-0.25, -0.2) is 0 Å². The Labute approximate surface area is 87.1 Å². The lowest BCUT2D eigenvalue weighted by Crippen LogP contribution is -2.20. The van der Waals surface area contributed by atoms with E-state index in [1.165, 1.54) is 5.56 Å². The molecule has 78 valence electrons. The molecule has 14 heavy (non-hydrogen) atoms. The van der Waals surface area contributed by atoms with Gasteiger partial charge in [-0.05, 0) is 30.4 Å². The molecule has 0 aliphatic carbocycles. The van der Waals surface area contributed by atoms with Crippen molar-refractivity contribution >= 4 is 0 Å². The molecule has 0 aliphatic rings. The molecule has 0 amide bonds. The van der Waals surface area contributed by atoms with Gasteiger partial charge in [-0.1, -0.05) is 39.0 Å². The molecule has 1 aromatic carbocycles. The zero-order valence-corrected chi connectivity index (χ0v) is 9.63. The summed E-state index contributed by atoms with van der Waals surface area (Å²) in [6.45, 7) is 9.51. The van der Waals surface area contributed by atoms with Gasteiger partial charge in [0.25, 0.3) is 0 Å². The van der Waals surface area contributed by atoms with Gasteiger partial charge in [-0.3, -0.25) is 0 Å². The first-order valence-corrected chi connectivity index (χ1v) is 5.23. The minimum atomic E-state index is 0.266. The zero-order valence-electron chi connectivity index (χ0n) is 9.63. The molecular weight excluding hydrogens is 172 g/mol. The van der Waals surface area contributed by atoms with Gasteiger partial charge in [-0.2, -0.15) is 0 Å².